The predicted octanol–water partition coefficient (Wildman–Crippen LogP) is 3.92. The minimum Gasteiger partial charge on any atom is -0.325 e. The van der Waals surface area contributed by atoms with Crippen molar-refractivity contribution in [2.45, 2.75) is 38.4 Å². The molecule has 0 aliphatic heterocycles. The second kappa shape index (κ2) is 9.21. The number of fused-ring (bicyclic) bond motifs is 1. The van der Waals surface area contributed by atoms with Crippen LogP contribution in [0.3, 0.4) is 0 Å². The average molecular weight is 415 g/mol. The number of nitrogens with zero attached hydrogens (tertiary/aromatic N) is 1. The summed E-state index contributed by atoms with van der Waals surface area (Å²) < 4.78 is 1.63. The molecule has 0 atom stereocenters. The molecule has 0 unspecified atom stereocenters. The smallest absolute Gasteiger partial charge is 0.325 e. The van der Waals surface area contributed by atoms with E-state index in [1.54, 1.807) is 22.0 Å². The van der Waals surface area contributed by atoms with E-state index in [4.69, 9.17) is 0 Å². The van der Waals surface area contributed by atoms with Gasteiger partial charge < -0.3 is 5.32 Å². The van der Waals surface area contributed by atoms with Crippen molar-refractivity contribution in [3.8, 4) is 0 Å². The molecule has 7 heteroatoms. The lowest BCUT2D eigenvalue weighted by Crippen LogP contribution is -2.29. The summed E-state index contributed by atoms with van der Waals surface area (Å²) in [5.74, 6) is 0.0981. The number of H-pyrrole nitrogens is 1. The average Bonchev–Trinajstić information content (AvgIpc) is 3.13. The molecule has 2 aromatic heterocycles. The van der Waals surface area contributed by atoms with Crippen molar-refractivity contribution in [1.29, 1.82) is 0 Å². The molecule has 0 aliphatic carbocycles. The molecule has 5 nitrogen and oxygen atoms in total. The Morgan fingerprint density at radius 2 is 2.04 bits per heavy atom. The van der Waals surface area contributed by atoms with E-state index in [9.17, 15) is 9.59 Å². The molecule has 28 heavy (non-hydrogen) atoms. The number of aromatic nitrogens is 2. The standard InChI is InChI=1S/C21H23N3O2S2/c1-4-11-24-20(26)17-12-16(6-3)28-19(17)23-21(24)27-13-18(25)22-15-9-7-14(5-2)8-10-15/h4,7-10,12H,1,5-6,11,13H2,2-3H3,(H,22,25)/p+1. The zero-order valence-corrected chi connectivity index (χ0v) is 17.7. The second-order valence-electron chi connectivity index (χ2n) is 6.33. The first-order valence-electron chi connectivity index (χ1n) is 9.26. The maximum absolute atomic E-state index is 12.9. The third-order valence-corrected chi connectivity index (χ3v) is 6.57. The number of carbonyl (C=O) groups is 1. The van der Waals surface area contributed by atoms with Crippen LogP contribution in [0.1, 0.15) is 24.3 Å². The molecule has 0 bridgehead atoms. The molecule has 2 heterocycles. The largest absolute Gasteiger partial charge is 0.347 e. The first-order valence-corrected chi connectivity index (χ1v) is 11.1. The van der Waals surface area contributed by atoms with E-state index >= 15 is 0 Å². The van der Waals surface area contributed by atoms with Crippen molar-refractivity contribution < 1.29 is 9.78 Å². The van der Waals surface area contributed by atoms with Gasteiger partial charge in [0.2, 0.25) is 5.91 Å². The number of carbonyl (C=O) groups excluding carboxylic acids is 1. The Labute approximate surface area is 172 Å². The zero-order valence-electron chi connectivity index (χ0n) is 16.1. The van der Waals surface area contributed by atoms with Gasteiger partial charge in [-0.05, 0) is 48.4 Å². The van der Waals surface area contributed by atoms with Crippen molar-refractivity contribution >= 4 is 44.9 Å². The van der Waals surface area contributed by atoms with Gasteiger partial charge in [-0.25, -0.2) is 9.78 Å². The molecular weight excluding hydrogens is 390 g/mol. The van der Waals surface area contributed by atoms with Gasteiger partial charge in [0.25, 0.3) is 0 Å². The van der Waals surface area contributed by atoms with Crippen LogP contribution in [-0.2, 0) is 24.2 Å². The predicted molar refractivity (Wildman–Crippen MR) is 117 cm³/mol. The number of benzene rings is 1. The number of thiophene rings is 1. The second-order valence-corrected chi connectivity index (χ2v) is 8.43. The lowest BCUT2D eigenvalue weighted by atomic mass is 10.1. The summed E-state index contributed by atoms with van der Waals surface area (Å²) in [6.07, 6.45) is 3.54. The van der Waals surface area contributed by atoms with Gasteiger partial charge in [-0.1, -0.05) is 50.0 Å². The SMILES string of the molecule is C=CCn1c(SCC(=O)Nc2ccc(CC)cc2)[nH+]c2sc(CC)cc2c1=O. The Balaban J connectivity index is 1.78. The number of thioether (sulfide) groups is 1. The van der Waals surface area contributed by atoms with E-state index in [2.05, 4.69) is 30.7 Å². The van der Waals surface area contributed by atoms with Crippen LogP contribution >= 0.6 is 23.1 Å². The van der Waals surface area contributed by atoms with Crippen LogP contribution in [0.4, 0.5) is 5.69 Å². The number of hydrogen-bond acceptors (Lipinski definition) is 4. The first kappa shape index (κ1) is 20.4. The summed E-state index contributed by atoms with van der Waals surface area (Å²) in [5, 5.41) is 4.25. The van der Waals surface area contributed by atoms with Gasteiger partial charge in [0.15, 0.2) is 4.83 Å². The van der Waals surface area contributed by atoms with Gasteiger partial charge in [0.1, 0.15) is 11.9 Å². The Morgan fingerprint density at radius 3 is 2.68 bits per heavy atom. The molecule has 0 radical (unpaired) electrons. The van der Waals surface area contributed by atoms with Crippen molar-refractivity contribution in [2.24, 2.45) is 0 Å². The molecule has 0 saturated carbocycles. The van der Waals surface area contributed by atoms with E-state index in [0.29, 0.717) is 17.1 Å². The highest BCUT2D eigenvalue weighted by Gasteiger charge is 2.21. The van der Waals surface area contributed by atoms with Gasteiger partial charge >= 0.3 is 10.7 Å². The quantitative estimate of drug-likeness (QED) is 0.345. The fraction of sp³-hybridized carbons (Fsp3) is 0.286. The fourth-order valence-corrected chi connectivity index (χ4v) is 4.71. The third kappa shape index (κ3) is 4.54. The molecule has 146 valence electrons. The maximum Gasteiger partial charge on any atom is 0.347 e. The van der Waals surface area contributed by atoms with Gasteiger partial charge in [0, 0.05) is 10.6 Å². The molecule has 1 aromatic carbocycles. The summed E-state index contributed by atoms with van der Waals surface area (Å²) in [6, 6.07) is 9.78. The van der Waals surface area contributed by atoms with Crippen LogP contribution in [0.2, 0.25) is 0 Å². The number of amides is 1. The van der Waals surface area contributed by atoms with Crippen molar-refractivity contribution in [3.05, 3.63) is 63.8 Å². The molecule has 3 aromatic rings. The minimum absolute atomic E-state index is 0.0531. The highest BCUT2D eigenvalue weighted by Crippen LogP contribution is 2.22. The van der Waals surface area contributed by atoms with Crippen LogP contribution in [-0.4, -0.2) is 16.2 Å². The van der Waals surface area contributed by atoms with Crippen LogP contribution in [0.15, 0.2) is 52.9 Å². The number of rotatable bonds is 8. The molecule has 0 aliphatic rings. The van der Waals surface area contributed by atoms with E-state index < -0.39 is 0 Å². The van der Waals surface area contributed by atoms with Gasteiger partial charge in [-0.15, -0.1) is 0 Å². The van der Waals surface area contributed by atoms with Crippen molar-refractivity contribution in [1.82, 2.24) is 4.57 Å². The number of nitrogens with one attached hydrogen (secondary N) is 2. The fourth-order valence-electron chi connectivity index (χ4n) is 2.83. The van der Waals surface area contributed by atoms with Crippen molar-refractivity contribution in [2.75, 3.05) is 11.1 Å². The lowest BCUT2D eigenvalue weighted by Gasteiger charge is -2.06. The summed E-state index contributed by atoms with van der Waals surface area (Å²) in [4.78, 5) is 30.5. The van der Waals surface area contributed by atoms with E-state index in [1.807, 2.05) is 30.3 Å². The number of anilines is 1. The summed E-state index contributed by atoms with van der Waals surface area (Å²) in [5.41, 5.74) is 1.95. The van der Waals surface area contributed by atoms with Gasteiger partial charge in [-0.3, -0.25) is 4.79 Å². The number of aryl methyl sites for hydroxylation is 2. The topological polar surface area (TPSA) is 65.2 Å². The van der Waals surface area contributed by atoms with Gasteiger partial charge in [0.05, 0.1) is 5.75 Å². The molecular formula is C21H24N3O2S2+. The molecule has 3 rings (SSSR count). The van der Waals surface area contributed by atoms with E-state index in [0.717, 1.165) is 28.2 Å². The van der Waals surface area contributed by atoms with Crippen molar-refractivity contribution in [3.63, 3.8) is 0 Å². The molecule has 1 amide bonds. The molecule has 0 spiro atoms. The van der Waals surface area contributed by atoms with Crippen LogP contribution < -0.4 is 15.9 Å². The van der Waals surface area contributed by atoms with Crippen LogP contribution in [0.25, 0.3) is 10.2 Å². The third-order valence-electron chi connectivity index (χ3n) is 4.37. The maximum atomic E-state index is 12.9. The lowest BCUT2D eigenvalue weighted by molar-refractivity contribution is -0.404. The van der Waals surface area contributed by atoms with Gasteiger partial charge in [-0.2, -0.15) is 4.57 Å². The Morgan fingerprint density at radius 1 is 1.29 bits per heavy atom. The Bertz CT molecular complexity index is 1050. The number of allylic oxidation sites excluding steroid dienone is 1. The minimum atomic E-state index is -0.110. The first-order chi connectivity index (χ1) is 13.5. The zero-order chi connectivity index (χ0) is 20.1. The molecule has 2 N–H and O–H groups in total. The highest BCUT2D eigenvalue weighted by atomic mass is 32.2. The monoisotopic (exact) mass is 414 g/mol. The van der Waals surface area contributed by atoms with E-state index in [1.165, 1.54) is 17.3 Å². The Kier molecular flexibility index (Phi) is 6.70. The van der Waals surface area contributed by atoms with E-state index in [-0.39, 0.29) is 17.2 Å². The normalized spacial score (nSPS) is 10.9. The summed E-state index contributed by atoms with van der Waals surface area (Å²) in [6.45, 7) is 8.30. The molecule has 0 saturated heterocycles. The summed E-state index contributed by atoms with van der Waals surface area (Å²) >= 11 is 2.91. The van der Waals surface area contributed by atoms with Crippen LogP contribution in [0.5, 0.6) is 0 Å². The Hall–Kier alpha value is -2.38. The number of hydrogen-bond donors (Lipinski definition) is 1. The van der Waals surface area contributed by atoms with Crippen LogP contribution in [0, 0.1) is 0 Å². The highest BCUT2D eigenvalue weighted by molar-refractivity contribution is 7.99. The summed E-state index contributed by atoms with van der Waals surface area (Å²) in [7, 11) is 0. The molecule has 0 fully saturated rings. The number of aromatic amines is 1.